The average molecular weight is 204 g/mol. The summed E-state index contributed by atoms with van der Waals surface area (Å²) in [7, 11) is 0. The van der Waals surface area contributed by atoms with Gasteiger partial charge in [-0.15, -0.1) is 0 Å². The molecule has 1 N–H and O–H groups in total. The largest absolute Gasteiger partial charge is 0.310 e. The van der Waals surface area contributed by atoms with Crippen molar-refractivity contribution in [2.75, 3.05) is 6.54 Å². The maximum atomic E-state index is 4.28. The Morgan fingerprint density at radius 1 is 1.47 bits per heavy atom. The van der Waals surface area contributed by atoms with Gasteiger partial charge in [0.2, 0.25) is 0 Å². The Hall–Kier alpha value is -0.890. The lowest BCUT2D eigenvalue weighted by Gasteiger charge is -2.18. The van der Waals surface area contributed by atoms with Gasteiger partial charge in [-0.3, -0.25) is 4.98 Å². The highest BCUT2D eigenvalue weighted by atomic mass is 14.9. The smallest absolute Gasteiger partial charge is 0.0338 e. The molecule has 1 heterocycles. The van der Waals surface area contributed by atoms with E-state index in [1.165, 1.54) is 30.4 Å². The summed E-state index contributed by atoms with van der Waals surface area (Å²) in [6.07, 6.45) is 8.04. The number of aromatic nitrogens is 1. The summed E-state index contributed by atoms with van der Waals surface area (Å²) in [6.45, 7) is 5.31. The average Bonchev–Trinajstić information content (AvgIpc) is 3.01. The van der Waals surface area contributed by atoms with Crippen LogP contribution >= 0.6 is 0 Å². The van der Waals surface area contributed by atoms with Gasteiger partial charge < -0.3 is 5.32 Å². The highest BCUT2D eigenvalue weighted by molar-refractivity contribution is 5.20. The number of nitrogens with zero attached hydrogens (tertiary/aromatic N) is 1. The second-order valence-electron chi connectivity index (χ2n) is 4.58. The summed E-state index contributed by atoms with van der Waals surface area (Å²) in [5, 5.41) is 3.56. The van der Waals surface area contributed by atoms with Gasteiger partial charge in [-0.2, -0.15) is 0 Å². The third kappa shape index (κ3) is 3.03. The van der Waals surface area contributed by atoms with Gasteiger partial charge in [0.15, 0.2) is 0 Å². The van der Waals surface area contributed by atoms with Crippen molar-refractivity contribution < 1.29 is 0 Å². The summed E-state index contributed by atoms with van der Waals surface area (Å²) in [5.41, 5.74) is 2.61. The molecule has 1 fully saturated rings. The Kier molecular flexibility index (Phi) is 3.37. The van der Waals surface area contributed by atoms with Crippen LogP contribution in [0.2, 0.25) is 0 Å². The summed E-state index contributed by atoms with van der Waals surface area (Å²) >= 11 is 0. The predicted octanol–water partition coefficient (Wildman–Crippen LogP) is 2.84. The van der Waals surface area contributed by atoms with E-state index in [9.17, 15) is 0 Å². The van der Waals surface area contributed by atoms with Crippen LogP contribution in [0.3, 0.4) is 0 Å². The quantitative estimate of drug-likeness (QED) is 0.797. The van der Waals surface area contributed by atoms with Crippen LogP contribution in [0.25, 0.3) is 0 Å². The number of pyridine rings is 1. The SMILES string of the molecule is CCNC(CC1CC1)c1cncc(C)c1. The Labute approximate surface area is 92.1 Å². The molecule has 1 aliphatic carbocycles. The summed E-state index contributed by atoms with van der Waals surface area (Å²) in [6, 6.07) is 2.76. The molecule has 1 aromatic rings. The second-order valence-corrected chi connectivity index (χ2v) is 4.58. The van der Waals surface area contributed by atoms with Crippen LogP contribution < -0.4 is 5.32 Å². The summed E-state index contributed by atoms with van der Waals surface area (Å²) in [5.74, 6) is 0.953. The van der Waals surface area contributed by atoms with Crippen LogP contribution in [0.4, 0.5) is 0 Å². The van der Waals surface area contributed by atoms with Gasteiger partial charge in [-0.25, -0.2) is 0 Å². The zero-order chi connectivity index (χ0) is 10.7. The monoisotopic (exact) mass is 204 g/mol. The Morgan fingerprint density at radius 3 is 2.87 bits per heavy atom. The number of nitrogens with one attached hydrogen (secondary N) is 1. The van der Waals surface area contributed by atoms with Crippen molar-refractivity contribution in [3.05, 3.63) is 29.6 Å². The van der Waals surface area contributed by atoms with E-state index < -0.39 is 0 Å². The molecule has 15 heavy (non-hydrogen) atoms. The lowest BCUT2D eigenvalue weighted by Crippen LogP contribution is -2.21. The van der Waals surface area contributed by atoms with Crippen molar-refractivity contribution in [3.63, 3.8) is 0 Å². The van der Waals surface area contributed by atoms with Gasteiger partial charge >= 0.3 is 0 Å². The molecular weight excluding hydrogens is 184 g/mol. The molecular formula is C13H20N2. The zero-order valence-corrected chi connectivity index (χ0v) is 9.66. The third-order valence-electron chi connectivity index (χ3n) is 3.01. The fraction of sp³-hybridized carbons (Fsp3) is 0.615. The molecule has 1 saturated carbocycles. The zero-order valence-electron chi connectivity index (χ0n) is 9.66. The highest BCUT2D eigenvalue weighted by Crippen LogP contribution is 2.37. The molecule has 0 amide bonds. The molecule has 0 aromatic carbocycles. The number of rotatable bonds is 5. The van der Waals surface area contributed by atoms with Gasteiger partial charge in [-0.1, -0.05) is 25.8 Å². The standard InChI is InChI=1S/C13H20N2/c1-3-15-13(7-11-4-5-11)12-6-10(2)8-14-9-12/h6,8-9,11,13,15H,3-5,7H2,1-2H3. The van der Waals surface area contributed by atoms with Crippen LogP contribution in [-0.2, 0) is 0 Å². The Bertz CT molecular complexity index is 318. The topological polar surface area (TPSA) is 24.9 Å². The summed E-state index contributed by atoms with van der Waals surface area (Å²) < 4.78 is 0. The van der Waals surface area contributed by atoms with E-state index in [4.69, 9.17) is 0 Å². The molecule has 2 rings (SSSR count). The molecule has 1 atom stereocenters. The molecule has 1 aliphatic rings. The highest BCUT2D eigenvalue weighted by Gasteiger charge is 2.25. The van der Waals surface area contributed by atoms with E-state index >= 15 is 0 Å². The van der Waals surface area contributed by atoms with Gasteiger partial charge in [0.25, 0.3) is 0 Å². The molecule has 1 unspecified atom stereocenters. The molecule has 0 radical (unpaired) electrons. The number of aryl methyl sites for hydroxylation is 1. The lowest BCUT2D eigenvalue weighted by molar-refractivity contribution is 0.485. The van der Waals surface area contributed by atoms with Gasteiger partial charge in [0, 0.05) is 18.4 Å². The molecule has 0 bridgehead atoms. The minimum Gasteiger partial charge on any atom is -0.310 e. The van der Waals surface area contributed by atoms with E-state index in [2.05, 4.69) is 30.2 Å². The number of hydrogen-bond donors (Lipinski definition) is 1. The first-order valence-electron chi connectivity index (χ1n) is 5.94. The minimum absolute atomic E-state index is 0.509. The lowest BCUT2D eigenvalue weighted by atomic mass is 10.0. The molecule has 2 nitrogen and oxygen atoms in total. The van der Waals surface area contributed by atoms with E-state index in [-0.39, 0.29) is 0 Å². The van der Waals surface area contributed by atoms with Crippen molar-refractivity contribution in [1.82, 2.24) is 10.3 Å². The summed E-state index contributed by atoms with van der Waals surface area (Å²) in [4.78, 5) is 4.28. The van der Waals surface area contributed by atoms with Crippen LogP contribution in [0, 0.1) is 12.8 Å². The number of hydrogen-bond acceptors (Lipinski definition) is 2. The third-order valence-corrected chi connectivity index (χ3v) is 3.01. The molecule has 0 spiro atoms. The van der Waals surface area contributed by atoms with Gasteiger partial charge in [0.05, 0.1) is 0 Å². The predicted molar refractivity (Wildman–Crippen MR) is 62.7 cm³/mol. The first kappa shape index (κ1) is 10.6. The van der Waals surface area contributed by atoms with Crippen LogP contribution in [-0.4, -0.2) is 11.5 Å². The van der Waals surface area contributed by atoms with Crippen LogP contribution in [0.1, 0.15) is 43.4 Å². The molecule has 1 aromatic heterocycles. The van der Waals surface area contributed by atoms with Crippen molar-refractivity contribution in [3.8, 4) is 0 Å². The van der Waals surface area contributed by atoms with Crippen molar-refractivity contribution in [2.24, 2.45) is 5.92 Å². The first-order chi connectivity index (χ1) is 7.29. The van der Waals surface area contributed by atoms with E-state index in [0.29, 0.717) is 6.04 Å². The Morgan fingerprint density at radius 2 is 2.27 bits per heavy atom. The van der Waals surface area contributed by atoms with Gasteiger partial charge in [-0.05, 0) is 36.9 Å². The van der Waals surface area contributed by atoms with Crippen LogP contribution in [0.5, 0.6) is 0 Å². The fourth-order valence-electron chi connectivity index (χ4n) is 2.04. The normalized spacial score (nSPS) is 17.7. The maximum Gasteiger partial charge on any atom is 0.0338 e. The van der Waals surface area contributed by atoms with E-state index in [1.54, 1.807) is 0 Å². The Balaban J connectivity index is 2.07. The second kappa shape index (κ2) is 4.75. The van der Waals surface area contributed by atoms with Crippen molar-refractivity contribution in [1.29, 1.82) is 0 Å². The molecule has 2 heteroatoms. The minimum atomic E-state index is 0.509. The maximum absolute atomic E-state index is 4.28. The van der Waals surface area contributed by atoms with Crippen molar-refractivity contribution in [2.45, 2.75) is 39.2 Å². The van der Waals surface area contributed by atoms with Crippen molar-refractivity contribution >= 4 is 0 Å². The molecule has 0 saturated heterocycles. The van der Waals surface area contributed by atoms with Gasteiger partial charge in [0.1, 0.15) is 0 Å². The van der Waals surface area contributed by atoms with Crippen LogP contribution in [0.15, 0.2) is 18.5 Å². The van der Waals surface area contributed by atoms with E-state index in [0.717, 1.165) is 12.5 Å². The first-order valence-corrected chi connectivity index (χ1v) is 5.94. The molecule has 0 aliphatic heterocycles. The van der Waals surface area contributed by atoms with E-state index in [1.807, 2.05) is 12.4 Å². The fourth-order valence-corrected chi connectivity index (χ4v) is 2.04. The molecule has 82 valence electrons.